The van der Waals surface area contributed by atoms with Crippen LogP contribution in [0.2, 0.25) is 0 Å². The fourth-order valence-corrected chi connectivity index (χ4v) is 0.764. The van der Waals surface area contributed by atoms with Gasteiger partial charge in [-0.15, -0.1) is 4.99 Å². The van der Waals surface area contributed by atoms with Gasteiger partial charge >= 0.3 is 0 Å². The Kier molecular flexibility index (Phi) is 1.51. The van der Waals surface area contributed by atoms with Gasteiger partial charge in [0.15, 0.2) is 5.82 Å². The quantitative estimate of drug-likeness (QED) is 0.418. The van der Waals surface area contributed by atoms with Crippen molar-refractivity contribution in [1.29, 1.82) is 0 Å². The summed E-state index contributed by atoms with van der Waals surface area (Å²) in [5, 5.41) is 1.75. The van der Waals surface area contributed by atoms with Crippen molar-refractivity contribution in [2.45, 2.75) is 0 Å². The van der Waals surface area contributed by atoms with Crippen LogP contribution in [0.4, 0.5) is 5.82 Å². The van der Waals surface area contributed by atoms with Crippen LogP contribution in [0.1, 0.15) is 0 Å². The lowest BCUT2D eigenvalue weighted by molar-refractivity contribution is 0.565. The molecule has 0 saturated heterocycles. The molecule has 4 heteroatoms. The van der Waals surface area contributed by atoms with Gasteiger partial charge in [0, 0.05) is 5.38 Å². The van der Waals surface area contributed by atoms with E-state index in [1.807, 2.05) is 0 Å². The molecule has 8 heavy (non-hydrogen) atoms. The minimum absolute atomic E-state index is 0.435. The Morgan fingerprint density at radius 1 is 1.88 bits per heavy atom. The second kappa shape index (κ2) is 2.35. The van der Waals surface area contributed by atoms with E-state index in [1.165, 1.54) is 17.6 Å². The van der Waals surface area contributed by atoms with Crippen LogP contribution in [0.15, 0.2) is 16.4 Å². The van der Waals surface area contributed by atoms with Crippen molar-refractivity contribution in [2.24, 2.45) is 4.99 Å². The van der Waals surface area contributed by atoms with Crippen LogP contribution in [0.25, 0.3) is 0 Å². The van der Waals surface area contributed by atoms with Crippen molar-refractivity contribution in [3.8, 4) is 0 Å². The first-order chi connectivity index (χ1) is 3.93. The number of aromatic nitrogens is 1. The summed E-state index contributed by atoms with van der Waals surface area (Å²) in [6.07, 6.45) is 1.39. The van der Waals surface area contributed by atoms with E-state index in [4.69, 9.17) is 0 Å². The molecule has 1 aromatic rings. The monoisotopic (exact) mass is 126 g/mol. The molecule has 1 rings (SSSR count). The van der Waals surface area contributed by atoms with E-state index in [9.17, 15) is 4.79 Å². The van der Waals surface area contributed by atoms with E-state index in [0.717, 1.165) is 0 Å². The number of hydrogen-bond acceptors (Lipinski definition) is 4. The molecule has 0 aliphatic heterocycles. The number of isocyanates is 1. The van der Waals surface area contributed by atoms with E-state index in [1.54, 1.807) is 11.4 Å². The molecule has 0 N–H and O–H groups in total. The second-order valence-electron chi connectivity index (χ2n) is 1.06. The third-order valence-corrected chi connectivity index (χ3v) is 1.13. The minimum Gasteiger partial charge on any atom is -0.211 e. The molecule has 0 fully saturated rings. The molecule has 3 nitrogen and oxygen atoms in total. The molecule has 0 amide bonds. The third-order valence-electron chi connectivity index (χ3n) is 0.584. The lowest BCUT2D eigenvalue weighted by Crippen LogP contribution is -1.54. The number of aliphatic imine (C=N–C) groups is 1. The predicted molar refractivity (Wildman–Crippen MR) is 29.9 cm³/mol. The largest absolute Gasteiger partial charge is 0.242 e. The number of hydrogen-bond donors (Lipinski definition) is 0. The molecular weight excluding hydrogens is 124 g/mol. The van der Waals surface area contributed by atoms with E-state index >= 15 is 0 Å². The molecule has 40 valence electrons. The molecule has 0 aromatic carbocycles. The SMILES string of the molecule is O=C=Nc1ccsn1. The maximum absolute atomic E-state index is 9.55. The number of carbonyl (C=O) groups excluding carboxylic acids is 1. The van der Waals surface area contributed by atoms with Crippen LogP contribution < -0.4 is 0 Å². The van der Waals surface area contributed by atoms with Gasteiger partial charge in [-0.1, -0.05) is 0 Å². The van der Waals surface area contributed by atoms with Gasteiger partial charge in [0.2, 0.25) is 6.08 Å². The molecule has 1 aromatic heterocycles. The molecule has 0 unspecified atom stereocenters. The summed E-state index contributed by atoms with van der Waals surface area (Å²) in [5.41, 5.74) is 0. The topological polar surface area (TPSA) is 42.3 Å². The highest BCUT2D eigenvalue weighted by atomic mass is 32.1. The Morgan fingerprint density at radius 3 is 3.25 bits per heavy atom. The fourth-order valence-electron chi connectivity index (χ4n) is 0.311. The van der Waals surface area contributed by atoms with Crippen LogP contribution in [0.3, 0.4) is 0 Å². The summed E-state index contributed by atoms with van der Waals surface area (Å²) in [6.45, 7) is 0. The summed E-state index contributed by atoms with van der Waals surface area (Å²) in [5.74, 6) is 0.435. The van der Waals surface area contributed by atoms with Crippen molar-refractivity contribution < 1.29 is 4.79 Å². The smallest absolute Gasteiger partial charge is 0.211 e. The first-order valence-corrected chi connectivity index (χ1v) is 2.75. The van der Waals surface area contributed by atoms with Gasteiger partial charge in [0.05, 0.1) is 0 Å². The van der Waals surface area contributed by atoms with Gasteiger partial charge < -0.3 is 0 Å². The van der Waals surface area contributed by atoms with E-state index in [2.05, 4.69) is 9.37 Å². The average molecular weight is 126 g/mol. The van der Waals surface area contributed by atoms with Gasteiger partial charge in [0.25, 0.3) is 0 Å². The number of nitrogens with zero attached hydrogens (tertiary/aromatic N) is 2. The van der Waals surface area contributed by atoms with E-state index < -0.39 is 0 Å². The van der Waals surface area contributed by atoms with E-state index in [0.29, 0.717) is 5.82 Å². The standard InChI is InChI=1S/C4H2N2OS/c7-3-5-4-1-2-8-6-4/h1-2H. The van der Waals surface area contributed by atoms with Gasteiger partial charge in [-0.05, 0) is 17.6 Å². The first-order valence-electron chi connectivity index (χ1n) is 1.92. The highest BCUT2D eigenvalue weighted by molar-refractivity contribution is 7.03. The van der Waals surface area contributed by atoms with Gasteiger partial charge in [-0.25, -0.2) is 4.79 Å². The zero-order valence-corrected chi connectivity index (χ0v) is 4.68. The van der Waals surface area contributed by atoms with Crippen LogP contribution in [-0.2, 0) is 4.79 Å². The van der Waals surface area contributed by atoms with Crippen LogP contribution in [0.5, 0.6) is 0 Å². The molecule has 0 bridgehead atoms. The van der Waals surface area contributed by atoms with Crippen LogP contribution >= 0.6 is 11.5 Å². The van der Waals surface area contributed by atoms with Crippen LogP contribution in [0, 0.1) is 0 Å². The highest BCUT2D eigenvalue weighted by Crippen LogP contribution is 2.07. The van der Waals surface area contributed by atoms with Crippen molar-refractivity contribution in [2.75, 3.05) is 0 Å². The maximum atomic E-state index is 9.55. The van der Waals surface area contributed by atoms with Crippen molar-refractivity contribution in [3.05, 3.63) is 11.4 Å². The van der Waals surface area contributed by atoms with E-state index in [-0.39, 0.29) is 0 Å². The van der Waals surface area contributed by atoms with Gasteiger partial charge in [-0.2, -0.15) is 4.37 Å². The maximum Gasteiger partial charge on any atom is 0.242 e. The first kappa shape index (κ1) is 5.15. The number of rotatable bonds is 1. The zero-order chi connectivity index (χ0) is 5.82. The second-order valence-corrected chi connectivity index (χ2v) is 1.73. The summed E-state index contributed by atoms with van der Waals surface area (Å²) in [7, 11) is 0. The Hall–Kier alpha value is -0.990. The molecule has 0 radical (unpaired) electrons. The molecule has 1 heterocycles. The molecule has 0 spiro atoms. The Morgan fingerprint density at radius 2 is 2.75 bits per heavy atom. The van der Waals surface area contributed by atoms with Crippen molar-refractivity contribution >= 4 is 23.4 Å². The lowest BCUT2D eigenvalue weighted by atomic mass is 10.7. The Balaban J connectivity index is 2.93. The Bertz CT molecular complexity index is 200. The van der Waals surface area contributed by atoms with Gasteiger partial charge in [-0.3, -0.25) is 0 Å². The molecule has 0 atom stereocenters. The lowest BCUT2D eigenvalue weighted by Gasteiger charge is -1.67. The highest BCUT2D eigenvalue weighted by Gasteiger charge is 1.84. The predicted octanol–water partition coefficient (Wildman–Crippen LogP) is 1.11. The Labute approximate surface area is 49.9 Å². The average Bonchev–Trinajstić information content (AvgIpc) is 2.19. The molecule has 0 saturated carbocycles. The molecular formula is C4H2N2OS. The van der Waals surface area contributed by atoms with Crippen molar-refractivity contribution in [3.63, 3.8) is 0 Å². The molecule has 0 aliphatic rings. The minimum atomic E-state index is 0.435. The summed E-state index contributed by atoms with van der Waals surface area (Å²) < 4.78 is 3.72. The summed E-state index contributed by atoms with van der Waals surface area (Å²) in [4.78, 5) is 12.8. The van der Waals surface area contributed by atoms with Crippen molar-refractivity contribution in [1.82, 2.24) is 4.37 Å². The normalized spacial score (nSPS) is 8.00. The zero-order valence-electron chi connectivity index (χ0n) is 3.87. The summed E-state index contributed by atoms with van der Waals surface area (Å²) >= 11 is 1.26. The van der Waals surface area contributed by atoms with Gasteiger partial charge in [0.1, 0.15) is 0 Å². The fraction of sp³-hybridized carbons (Fsp3) is 0. The third kappa shape index (κ3) is 0.992. The van der Waals surface area contributed by atoms with Crippen LogP contribution in [-0.4, -0.2) is 10.5 Å². The summed E-state index contributed by atoms with van der Waals surface area (Å²) in [6, 6.07) is 1.65. The molecule has 0 aliphatic carbocycles.